The van der Waals surface area contributed by atoms with Crippen molar-refractivity contribution in [3.8, 4) is 17.2 Å². The molecule has 3 aromatic carbocycles. The van der Waals surface area contributed by atoms with E-state index in [1.54, 1.807) is 19.1 Å². The smallest absolute Gasteiger partial charge is 0.293 e. The SMILES string of the molecule is S=PI.[3H]Oc1ccc(C(Sc2c(O)cc(C)cc2F)C(=O)c2ccc(O)cc2)cc1. The predicted molar refractivity (Wildman–Crippen MR) is 130 cm³/mol. The number of carbonyl (C=O) groups excluding carboxylic acids is 1. The van der Waals surface area contributed by atoms with E-state index in [-0.39, 0.29) is 22.2 Å². The highest BCUT2D eigenvalue weighted by Gasteiger charge is 2.26. The molecule has 0 aliphatic rings. The summed E-state index contributed by atoms with van der Waals surface area (Å²) in [6.07, 6.45) is 0. The molecule has 4 nitrogen and oxygen atoms in total. The second-order valence-electron chi connectivity index (χ2n) is 6.14. The van der Waals surface area contributed by atoms with Gasteiger partial charge in [-0.3, -0.25) is 4.79 Å². The number of carbonyl (C=O) groups is 1. The molecule has 0 aliphatic heterocycles. The Morgan fingerprint density at radius 3 is 2.23 bits per heavy atom. The van der Waals surface area contributed by atoms with Gasteiger partial charge in [-0.2, -0.15) is 0 Å². The molecule has 156 valence electrons. The number of benzene rings is 3. The van der Waals surface area contributed by atoms with Gasteiger partial charge in [-0.15, -0.1) is 11.8 Å². The maximum absolute atomic E-state index is 14.5. The Hall–Kier alpha value is -1.74. The Bertz CT molecular complexity index is 1030. The number of phenolic OH excluding ortho intramolecular Hbond substituents is 3. The summed E-state index contributed by atoms with van der Waals surface area (Å²) in [6.45, 7) is 1.66. The molecule has 30 heavy (non-hydrogen) atoms. The van der Waals surface area contributed by atoms with Gasteiger partial charge < -0.3 is 15.3 Å². The van der Waals surface area contributed by atoms with Gasteiger partial charge in [-0.25, -0.2) is 4.39 Å². The molecule has 0 saturated carbocycles. The number of Topliss-reactive ketones (excluding diaryl/α,β-unsaturated/α-hetero) is 1. The van der Waals surface area contributed by atoms with Crippen LogP contribution in [-0.2, 0) is 11.8 Å². The van der Waals surface area contributed by atoms with Crippen molar-refractivity contribution in [2.75, 3.05) is 0 Å². The van der Waals surface area contributed by atoms with Crippen LogP contribution in [0.25, 0.3) is 0 Å². The standard InChI is InChI=1S/C21H17FO4S.IPS/c1-12-10-17(22)21(18(25)11-12)27-20(14-4-8-16(24)9-5-14)19(26)13-2-6-15(23)7-3-13;1-2-3/h2-11,20,23-25H,1H3;/i/hT. The summed E-state index contributed by atoms with van der Waals surface area (Å²) in [5.74, 6) is -0.841. The first-order valence-electron chi connectivity index (χ1n) is 8.87. The molecule has 1 atom stereocenters. The van der Waals surface area contributed by atoms with Crippen LogP contribution in [-0.4, -0.2) is 22.5 Å². The molecule has 0 radical (unpaired) electrons. The summed E-state index contributed by atoms with van der Waals surface area (Å²) in [5.41, 5.74) is 1.46. The van der Waals surface area contributed by atoms with Crippen molar-refractivity contribution >= 4 is 56.4 Å². The van der Waals surface area contributed by atoms with Crippen molar-refractivity contribution in [1.82, 2.24) is 0 Å². The lowest BCUT2D eigenvalue weighted by Crippen LogP contribution is -2.10. The van der Waals surface area contributed by atoms with Gasteiger partial charge in [0.2, 0.25) is 0 Å². The van der Waals surface area contributed by atoms with E-state index in [9.17, 15) is 19.4 Å². The van der Waals surface area contributed by atoms with Crippen LogP contribution in [0, 0.1) is 12.7 Å². The number of halogens is 2. The van der Waals surface area contributed by atoms with E-state index in [1.807, 2.05) is 0 Å². The minimum absolute atomic E-state index is 0.0245. The van der Waals surface area contributed by atoms with Crippen molar-refractivity contribution in [2.45, 2.75) is 17.1 Å². The van der Waals surface area contributed by atoms with Gasteiger partial charge in [0.15, 0.2) is 5.78 Å². The molecule has 0 spiro atoms. The van der Waals surface area contributed by atoms with Gasteiger partial charge in [0.25, 0.3) is 1.43 Å². The second-order valence-corrected chi connectivity index (χ2v) is 11.4. The summed E-state index contributed by atoms with van der Waals surface area (Å²) >= 11 is 7.33. The highest BCUT2D eigenvalue weighted by atomic mass is 127. The molecular formula is C21H17FIO4PS2. The lowest BCUT2D eigenvalue weighted by molar-refractivity contribution is 0.0989. The van der Waals surface area contributed by atoms with E-state index >= 15 is 0 Å². The van der Waals surface area contributed by atoms with Crippen LogP contribution in [0.2, 0.25) is 0 Å². The van der Waals surface area contributed by atoms with Crippen LogP contribution >= 0.6 is 38.8 Å². The van der Waals surface area contributed by atoms with Crippen LogP contribution in [0.1, 0.15) is 26.7 Å². The summed E-state index contributed by atoms with van der Waals surface area (Å²) < 4.78 is 21.4. The molecule has 3 aromatic rings. The van der Waals surface area contributed by atoms with Gasteiger partial charge in [0, 0.05) is 10.6 Å². The van der Waals surface area contributed by atoms with Gasteiger partial charge in [-0.05, 0) is 100 Å². The van der Waals surface area contributed by atoms with E-state index in [1.165, 1.54) is 48.5 Å². The number of hydrogen-bond donors (Lipinski definition) is 3. The van der Waals surface area contributed by atoms with Crippen molar-refractivity contribution in [1.29, 1.82) is 1.43 Å². The van der Waals surface area contributed by atoms with E-state index < -0.39 is 11.1 Å². The molecule has 1 unspecified atom stereocenters. The molecular weight excluding hydrogens is 557 g/mol. The summed E-state index contributed by atoms with van der Waals surface area (Å²) in [4.78, 5) is 14.1. The minimum Gasteiger partial charge on any atom is -0.508 e. The number of hydrogen-bond acceptors (Lipinski definition) is 6. The monoisotopic (exact) mass is 576 g/mol. The summed E-state index contributed by atoms with van der Waals surface area (Å²) in [7, 11) is 0. The first-order chi connectivity index (χ1) is 14.8. The average molecular weight is 576 g/mol. The van der Waals surface area contributed by atoms with Crippen LogP contribution < -0.4 is 0 Å². The van der Waals surface area contributed by atoms with E-state index in [0.717, 1.165) is 16.8 Å². The molecule has 0 bridgehead atoms. The molecule has 0 amide bonds. The molecule has 3 N–H and O–H groups in total. The number of ketones is 1. The molecule has 0 heterocycles. The largest absolute Gasteiger partial charge is 0.508 e. The van der Waals surface area contributed by atoms with Gasteiger partial charge in [-0.1, -0.05) is 12.1 Å². The fourth-order valence-corrected chi connectivity index (χ4v) is 3.76. The summed E-state index contributed by atoms with van der Waals surface area (Å²) in [6, 6.07) is 14.8. The Morgan fingerprint density at radius 1 is 1.13 bits per heavy atom. The van der Waals surface area contributed by atoms with Gasteiger partial charge in [0.05, 0.1) is 10.1 Å². The van der Waals surface area contributed by atoms with Crippen LogP contribution in [0.4, 0.5) is 4.39 Å². The second kappa shape index (κ2) is 11.6. The molecule has 0 aliphatic carbocycles. The number of phenols is 3. The van der Waals surface area contributed by atoms with Crippen LogP contribution in [0.3, 0.4) is 0 Å². The topological polar surface area (TPSA) is 77.8 Å². The Kier molecular flexibility index (Phi) is 8.87. The highest BCUT2D eigenvalue weighted by Crippen LogP contribution is 2.43. The Balaban J connectivity index is 0.00000107. The number of aryl methyl sites for hydroxylation is 1. The first-order valence-corrected chi connectivity index (χ1v) is 14.0. The van der Waals surface area contributed by atoms with Crippen molar-refractivity contribution in [3.05, 3.63) is 83.2 Å². The zero-order valence-corrected chi connectivity index (χ0v) is 20.3. The molecule has 0 aromatic heterocycles. The Labute approximate surface area is 199 Å². The quantitative estimate of drug-likeness (QED) is 0.131. The lowest BCUT2D eigenvalue weighted by Gasteiger charge is -2.18. The first kappa shape index (κ1) is 22.9. The Morgan fingerprint density at radius 2 is 1.70 bits per heavy atom. The maximum Gasteiger partial charge on any atom is 0.293 e. The maximum atomic E-state index is 14.5. The third-order valence-corrected chi connectivity index (χ3v) is 5.34. The van der Waals surface area contributed by atoms with Crippen molar-refractivity contribution < 1.29 is 24.5 Å². The third-order valence-electron chi connectivity index (χ3n) is 3.98. The zero-order valence-electron chi connectivity index (χ0n) is 16.6. The van der Waals surface area contributed by atoms with E-state index in [0.29, 0.717) is 22.4 Å². The lowest BCUT2D eigenvalue weighted by atomic mass is 10.0. The van der Waals surface area contributed by atoms with Gasteiger partial charge >= 0.3 is 0 Å². The fourth-order valence-electron chi connectivity index (χ4n) is 2.64. The average Bonchev–Trinajstić information content (AvgIpc) is 2.74. The van der Waals surface area contributed by atoms with E-state index in [4.69, 9.17) is 1.43 Å². The minimum atomic E-state index is -0.854. The van der Waals surface area contributed by atoms with Crippen LogP contribution in [0.5, 0.6) is 17.2 Å². The molecule has 9 heteroatoms. The van der Waals surface area contributed by atoms with Crippen LogP contribution in [0.15, 0.2) is 65.6 Å². The zero-order chi connectivity index (χ0) is 23.0. The predicted octanol–water partition coefficient (Wildman–Crippen LogP) is 6.71. The third kappa shape index (κ3) is 6.63. The fraction of sp³-hybridized carbons (Fsp3) is 0.0952. The molecule has 3 rings (SSSR count). The summed E-state index contributed by atoms with van der Waals surface area (Å²) in [5, 5.41) is 23.2. The molecule has 0 fully saturated rings. The van der Waals surface area contributed by atoms with Crippen molar-refractivity contribution in [2.24, 2.45) is 0 Å². The molecule has 0 saturated heterocycles. The number of rotatable bonds is 6. The normalized spacial score (nSPS) is 11.8. The van der Waals surface area contributed by atoms with Crippen molar-refractivity contribution in [3.63, 3.8) is 0 Å². The van der Waals surface area contributed by atoms with Gasteiger partial charge in [0.1, 0.15) is 23.1 Å². The number of thioether (sulfide) groups is 1. The van der Waals surface area contributed by atoms with E-state index in [2.05, 4.69) is 39.0 Å². The number of aromatic hydroxyl groups is 3. The highest BCUT2D eigenvalue weighted by molar-refractivity contribution is 14.2.